The van der Waals surface area contributed by atoms with E-state index in [9.17, 15) is 14.0 Å². The summed E-state index contributed by atoms with van der Waals surface area (Å²) >= 11 is 11.9. The molecule has 0 aromatic heterocycles. The molecule has 25 heavy (non-hydrogen) atoms. The molecule has 2 N–H and O–H groups in total. The molecule has 0 bridgehead atoms. The van der Waals surface area contributed by atoms with Crippen LogP contribution in [-0.4, -0.2) is 28.1 Å². The van der Waals surface area contributed by atoms with E-state index in [1.165, 1.54) is 12.1 Å². The van der Waals surface area contributed by atoms with Crippen molar-refractivity contribution < 1.29 is 14.0 Å². The zero-order valence-corrected chi connectivity index (χ0v) is 14.2. The minimum Gasteiger partial charge on any atom is -0.318 e. The molecule has 1 aliphatic rings. The molecule has 1 heterocycles. The normalized spacial score (nSPS) is 19.5. The van der Waals surface area contributed by atoms with Gasteiger partial charge in [-0.3, -0.25) is 9.59 Å². The Balaban J connectivity index is 1.94. The number of carbonyl (C=O) groups excluding carboxylic acids is 2. The van der Waals surface area contributed by atoms with Crippen LogP contribution in [0.4, 0.5) is 4.39 Å². The van der Waals surface area contributed by atoms with Crippen LogP contribution >= 0.6 is 23.2 Å². The molecule has 3 rings (SSSR count). The summed E-state index contributed by atoms with van der Waals surface area (Å²) in [4.78, 5) is 27.8. The van der Waals surface area contributed by atoms with Crippen molar-refractivity contribution in [2.45, 2.75) is 10.5 Å². The van der Waals surface area contributed by atoms with Gasteiger partial charge >= 0.3 is 0 Å². The Bertz CT molecular complexity index is 841. The van der Waals surface area contributed by atoms with Gasteiger partial charge in [0.25, 0.3) is 11.8 Å². The van der Waals surface area contributed by atoms with E-state index in [1.54, 1.807) is 24.3 Å². The first-order chi connectivity index (χ1) is 11.9. The highest BCUT2D eigenvalue weighted by Crippen LogP contribution is 2.28. The summed E-state index contributed by atoms with van der Waals surface area (Å²) in [6.07, 6.45) is 0. The van der Waals surface area contributed by atoms with Crippen LogP contribution in [0.2, 0.25) is 0 Å². The first-order valence-electron chi connectivity index (χ1n) is 7.25. The number of amidine groups is 1. The lowest BCUT2D eigenvalue weighted by molar-refractivity contribution is -0.124. The smallest absolute Gasteiger partial charge is 0.277 e. The van der Waals surface area contributed by atoms with Gasteiger partial charge in [-0.2, -0.15) is 0 Å². The van der Waals surface area contributed by atoms with Crippen molar-refractivity contribution in [1.82, 2.24) is 10.6 Å². The summed E-state index contributed by atoms with van der Waals surface area (Å²) in [5, 5.41) is 5.03. The molecule has 8 heteroatoms. The van der Waals surface area contributed by atoms with Crippen LogP contribution in [0.25, 0.3) is 0 Å². The highest BCUT2D eigenvalue weighted by Gasteiger charge is 2.50. The van der Waals surface area contributed by atoms with Gasteiger partial charge in [-0.25, -0.2) is 9.38 Å². The topological polar surface area (TPSA) is 70.6 Å². The number of rotatable bonds is 4. The van der Waals surface area contributed by atoms with E-state index < -0.39 is 28.1 Å². The Morgan fingerprint density at radius 1 is 1.12 bits per heavy atom. The van der Waals surface area contributed by atoms with Crippen molar-refractivity contribution in [1.29, 1.82) is 0 Å². The summed E-state index contributed by atoms with van der Waals surface area (Å²) in [5.41, 5.74) is -1.09. The zero-order chi connectivity index (χ0) is 18.0. The highest BCUT2D eigenvalue weighted by molar-refractivity contribution is 6.47. The van der Waals surface area contributed by atoms with Crippen LogP contribution in [-0.2, 0) is 4.79 Å². The third kappa shape index (κ3) is 3.36. The molecule has 0 saturated carbocycles. The van der Waals surface area contributed by atoms with Crippen LogP contribution in [0.3, 0.4) is 0 Å². The lowest BCUT2D eigenvalue weighted by Gasteiger charge is -2.25. The quantitative estimate of drug-likeness (QED) is 0.801. The Hall–Kier alpha value is -2.44. The Kier molecular flexibility index (Phi) is 4.74. The summed E-state index contributed by atoms with van der Waals surface area (Å²) in [6.45, 7) is 0. The largest absolute Gasteiger partial charge is 0.318 e. The van der Waals surface area contributed by atoms with E-state index in [4.69, 9.17) is 23.2 Å². The van der Waals surface area contributed by atoms with Gasteiger partial charge in [0.05, 0.1) is 0 Å². The third-order valence-corrected chi connectivity index (χ3v) is 4.27. The molecule has 2 amide bonds. The lowest BCUT2D eigenvalue weighted by Crippen LogP contribution is -2.58. The number of halogens is 3. The molecule has 0 spiro atoms. The average molecular weight is 380 g/mol. The maximum absolute atomic E-state index is 13.0. The zero-order valence-electron chi connectivity index (χ0n) is 12.7. The predicted molar refractivity (Wildman–Crippen MR) is 93.2 cm³/mol. The van der Waals surface area contributed by atoms with E-state index in [2.05, 4.69) is 15.6 Å². The maximum atomic E-state index is 13.0. The number of amides is 2. The second-order valence-corrected chi connectivity index (χ2v) is 6.40. The lowest BCUT2D eigenvalue weighted by atomic mass is 10.1. The molecule has 0 saturated heterocycles. The number of hydrogen-bond donors (Lipinski definition) is 2. The number of carbonyl (C=O) groups is 2. The van der Waals surface area contributed by atoms with Gasteiger partial charge in [0.15, 0.2) is 4.84 Å². The minimum atomic E-state index is -1.88. The maximum Gasteiger partial charge on any atom is 0.277 e. The fraction of sp³-hybridized carbons (Fsp3) is 0.118. The van der Waals surface area contributed by atoms with E-state index in [1.807, 2.05) is 6.07 Å². The van der Waals surface area contributed by atoms with Crippen LogP contribution < -0.4 is 10.6 Å². The van der Waals surface area contributed by atoms with E-state index in [0.717, 1.165) is 12.1 Å². The second-order valence-electron chi connectivity index (χ2n) is 5.31. The first kappa shape index (κ1) is 17.4. The van der Waals surface area contributed by atoms with E-state index in [0.29, 0.717) is 5.56 Å². The number of nitrogens with zero attached hydrogens (tertiary/aromatic N) is 1. The number of alkyl halides is 2. The standard InChI is InChI=1S/C17H12Cl2FN3O2/c18-15(19)17(23-14(24)11-6-8-12(20)9-7-11)16(25)21-13(22-17)10-4-2-1-3-5-10/h1-9,15H,(H,23,24)(H,21,22,25)/t17-/m0/s1. The van der Waals surface area contributed by atoms with Gasteiger partial charge in [0.2, 0.25) is 5.66 Å². The fourth-order valence-corrected chi connectivity index (χ4v) is 2.73. The molecule has 1 atom stereocenters. The number of aliphatic imine (C=N–C) groups is 1. The highest BCUT2D eigenvalue weighted by atomic mass is 35.5. The molecular weight excluding hydrogens is 368 g/mol. The minimum absolute atomic E-state index is 0.144. The van der Waals surface area contributed by atoms with Crippen molar-refractivity contribution in [3.8, 4) is 0 Å². The average Bonchev–Trinajstić information content (AvgIpc) is 2.94. The monoisotopic (exact) mass is 379 g/mol. The molecule has 1 aliphatic heterocycles. The Morgan fingerprint density at radius 3 is 2.36 bits per heavy atom. The van der Waals surface area contributed by atoms with Gasteiger partial charge < -0.3 is 10.6 Å². The molecule has 0 aliphatic carbocycles. The van der Waals surface area contributed by atoms with E-state index >= 15 is 0 Å². The first-order valence-corrected chi connectivity index (χ1v) is 8.12. The van der Waals surface area contributed by atoms with Crippen molar-refractivity contribution >= 4 is 40.9 Å². The van der Waals surface area contributed by atoms with Gasteiger partial charge in [0.1, 0.15) is 11.7 Å². The van der Waals surface area contributed by atoms with Gasteiger partial charge in [0, 0.05) is 11.1 Å². The fourth-order valence-electron chi connectivity index (χ4n) is 2.32. The molecule has 5 nitrogen and oxygen atoms in total. The molecule has 0 fully saturated rings. The van der Waals surface area contributed by atoms with Crippen LogP contribution in [0.5, 0.6) is 0 Å². The van der Waals surface area contributed by atoms with Crippen LogP contribution in [0.1, 0.15) is 15.9 Å². The molecule has 0 radical (unpaired) electrons. The van der Waals surface area contributed by atoms with E-state index in [-0.39, 0.29) is 11.4 Å². The Labute approximate surface area is 152 Å². The number of hydrogen-bond acceptors (Lipinski definition) is 3. The molecular formula is C17H12Cl2FN3O2. The SMILES string of the molecule is O=C(N[C@]1(C(Cl)Cl)N=C(c2ccccc2)NC1=O)c1ccc(F)cc1. The number of nitrogens with one attached hydrogen (secondary N) is 2. The second kappa shape index (κ2) is 6.82. The molecule has 2 aromatic rings. The van der Waals surface area contributed by atoms with Crippen molar-refractivity contribution in [2.24, 2.45) is 4.99 Å². The van der Waals surface area contributed by atoms with Gasteiger partial charge in [-0.1, -0.05) is 53.5 Å². The third-order valence-electron chi connectivity index (χ3n) is 3.64. The number of benzene rings is 2. The van der Waals surface area contributed by atoms with Crippen LogP contribution in [0, 0.1) is 5.82 Å². The van der Waals surface area contributed by atoms with Gasteiger partial charge in [-0.05, 0) is 24.3 Å². The molecule has 2 aromatic carbocycles. The van der Waals surface area contributed by atoms with Gasteiger partial charge in [-0.15, -0.1) is 0 Å². The summed E-state index contributed by atoms with van der Waals surface area (Å²) in [5.74, 6) is -1.55. The summed E-state index contributed by atoms with van der Waals surface area (Å²) < 4.78 is 13.0. The van der Waals surface area contributed by atoms with Crippen molar-refractivity contribution in [3.05, 3.63) is 71.5 Å². The summed E-state index contributed by atoms with van der Waals surface area (Å²) in [6, 6.07) is 13.7. The van der Waals surface area contributed by atoms with Crippen molar-refractivity contribution in [2.75, 3.05) is 0 Å². The van der Waals surface area contributed by atoms with Crippen molar-refractivity contribution in [3.63, 3.8) is 0 Å². The van der Waals surface area contributed by atoms with Crippen LogP contribution in [0.15, 0.2) is 59.6 Å². The Morgan fingerprint density at radius 2 is 1.76 bits per heavy atom. The molecule has 128 valence electrons. The summed E-state index contributed by atoms with van der Waals surface area (Å²) in [7, 11) is 0. The predicted octanol–water partition coefficient (Wildman–Crippen LogP) is 2.63. The molecule has 0 unspecified atom stereocenters.